The van der Waals surface area contributed by atoms with Crippen molar-refractivity contribution in [3.05, 3.63) is 24.3 Å². The third-order valence-corrected chi connectivity index (χ3v) is 2.61. The molecule has 0 bridgehead atoms. The Labute approximate surface area is 70.0 Å². The van der Waals surface area contributed by atoms with E-state index in [2.05, 4.69) is 25.7 Å². The molecule has 62 valence electrons. The van der Waals surface area contributed by atoms with Crippen LogP contribution < -0.4 is 0 Å². The van der Waals surface area contributed by atoms with Crippen LogP contribution in [0.25, 0.3) is 0 Å². The van der Waals surface area contributed by atoms with Crippen molar-refractivity contribution in [3.63, 3.8) is 0 Å². The van der Waals surface area contributed by atoms with Crippen molar-refractivity contribution < 1.29 is 0 Å². The lowest BCUT2D eigenvalue weighted by molar-refractivity contribution is 0.456. The normalized spacial score (nSPS) is 28.8. The zero-order chi connectivity index (χ0) is 8.10. The van der Waals surface area contributed by atoms with Crippen LogP contribution in [0.5, 0.6) is 0 Å². The SMILES string of the molecule is C=CCC1CCCC/C1=C/C. The lowest BCUT2D eigenvalue weighted by Gasteiger charge is -2.23. The van der Waals surface area contributed by atoms with Crippen LogP contribution in [0.3, 0.4) is 0 Å². The molecule has 0 aromatic rings. The minimum atomic E-state index is 0.825. The van der Waals surface area contributed by atoms with Crippen LogP contribution in [0.1, 0.15) is 39.0 Å². The number of hydrogen-bond acceptors (Lipinski definition) is 0. The fourth-order valence-electron chi connectivity index (χ4n) is 1.96. The molecule has 0 aromatic heterocycles. The van der Waals surface area contributed by atoms with Gasteiger partial charge >= 0.3 is 0 Å². The third kappa shape index (κ3) is 2.21. The molecule has 0 aliphatic heterocycles. The lowest BCUT2D eigenvalue weighted by Crippen LogP contribution is -2.08. The van der Waals surface area contributed by atoms with Crippen molar-refractivity contribution >= 4 is 0 Å². The van der Waals surface area contributed by atoms with Crippen molar-refractivity contribution in [1.82, 2.24) is 0 Å². The highest BCUT2D eigenvalue weighted by atomic mass is 14.2. The van der Waals surface area contributed by atoms with Crippen LogP contribution in [-0.2, 0) is 0 Å². The summed E-state index contributed by atoms with van der Waals surface area (Å²) in [7, 11) is 0. The predicted octanol–water partition coefficient (Wildman–Crippen LogP) is 3.70. The van der Waals surface area contributed by atoms with E-state index < -0.39 is 0 Å². The standard InChI is InChI=1S/C11H18/c1-3-7-11-9-6-5-8-10(11)4-2/h3-4,11H,1,5-9H2,2H3/b10-4-. The molecule has 0 N–H and O–H groups in total. The molecule has 1 atom stereocenters. The summed E-state index contributed by atoms with van der Waals surface area (Å²) in [6.45, 7) is 5.96. The zero-order valence-corrected chi connectivity index (χ0v) is 7.47. The molecule has 0 heteroatoms. The topological polar surface area (TPSA) is 0 Å². The summed E-state index contributed by atoms with van der Waals surface area (Å²) in [4.78, 5) is 0. The maximum absolute atomic E-state index is 3.80. The molecule has 1 aliphatic rings. The first-order valence-electron chi connectivity index (χ1n) is 4.64. The van der Waals surface area contributed by atoms with Crippen molar-refractivity contribution in [2.45, 2.75) is 39.0 Å². The molecular formula is C11H18. The molecule has 1 unspecified atom stereocenters. The van der Waals surface area contributed by atoms with Gasteiger partial charge in [-0.15, -0.1) is 6.58 Å². The van der Waals surface area contributed by atoms with E-state index in [1.807, 2.05) is 0 Å². The molecule has 0 amide bonds. The Morgan fingerprint density at radius 1 is 1.55 bits per heavy atom. The minimum absolute atomic E-state index is 0.825. The van der Waals surface area contributed by atoms with Gasteiger partial charge in [0.05, 0.1) is 0 Å². The van der Waals surface area contributed by atoms with E-state index in [0.717, 1.165) is 5.92 Å². The summed E-state index contributed by atoms with van der Waals surface area (Å²) in [6, 6.07) is 0. The van der Waals surface area contributed by atoms with E-state index in [4.69, 9.17) is 0 Å². The van der Waals surface area contributed by atoms with Crippen molar-refractivity contribution in [1.29, 1.82) is 0 Å². The van der Waals surface area contributed by atoms with Gasteiger partial charge < -0.3 is 0 Å². The average Bonchev–Trinajstić information content (AvgIpc) is 2.06. The second-order valence-corrected chi connectivity index (χ2v) is 3.33. The van der Waals surface area contributed by atoms with Crippen LogP contribution in [0.2, 0.25) is 0 Å². The summed E-state index contributed by atoms with van der Waals surface area (Å²) >= 11 is 0. The maximum atomic E-state index is 3.80. The van der Waals surface area contributed by atoms with Crippen LogP contribution in [-0.4, -0.2) is 0 Å². The van der Waals surface area contributed by atoms with Gasteiger partial charge in [-0.1, -0.05) is 24.1 Å². The fourth-order valence-corrected chi connectivity index (χ4v) is 1.96. The Hall–Kier alpha value is -0.520. The molecule has 0 aromatic carbocycles. The first-order chi connectivity index (χ1) is 5.38. The molecular weight excluding hydrogens is 132 g/mol. The van der Waals surface area contributed by atoms with E-state index >= 15 is 0 Å². The predicted molar refractivity (Wildman–Crippen MR) is 50.5 cm³/mol. The maximum Gasteiger partial charge on any atom is -0.0169 e. The molecule has 0 spiro atoms. The van der Waals surface area contributed by atoms with Gasteiger partial charge in [-0.2, -0.15) is 0 Å². The second kappa shape index (κ2) is 4.38. The van der Waals surface area contributed by atoms with E-state index in [1.54, 1.807) is 5.57 Å². The van der Waals surface area contributed by atoms with E-state index in [0.29, 0.717) is 0 Å². The van der Waals surface area contributed by atoms with Gasteiger partial charge in [-0.25, -0.2) is 0 Å². The quantitative estimate of drug-likeness (QED) is 0.526. The Morgan fingerprint density at radius 2 is 2.36 bits per heavy atom. The van der Waals surface area contributed by atoms with E-state index in [9.17, 15) is 0 Å². The molecule has 0 radical (unpaired) electrons. The Balaban J connectivity index is 2.51. The summed E-state index contributed by atoms with van der Waals surface area (Å²) in [6.07, 6.45) is 11.1. The summed E-state index contributed by atoms with van der Waals surface area (Å²) < 4.78 is 0. The van der Waals surface area contributed by atoms with Crippen molar-refractivity contribution in [2.75, 3.05) is 0 Å². The molecule has 11 heavy (non-hydrogen) atoms. The highest BCUT2D eigenvalue weighted by Gasteiger charge is 2.15. The molecule has 0 heterocycles. The zero-order valence-electron chi connectivity index (χ0n) is 7.47. The Kier molecular flexibility index (Phi) is 3.41. The summed E-state index contributed by atoms with van der Waals surface area (Å²) in [5.74, 6) is 0.825. The van der Waals surface area contributed by atoms with Gasteiger partial charge in [0.15, 0.2) is 0 Å². The van der Waals surface area contributed by atoms with Crippen LogP contribution in [0, 0.1) is 5.92 Å². The lowest BCUT2D eigenvalue weighted by atomic mass is 9.82. The fraction of sp³-hybridized carbons (Fsp3) is 0.636. The van der Waals surface area contributed by atoms with Gasteiger partial charge in [-0.3, -0.25) is 0 Å². The third-order valence-electron chi connectivity index (χ3n) is 2.61. The van der Waals surface area contributed by atoms with Crippen molar-refractivity contribution in [3.8, 4) is 0 Å². The van der Waals surface area contributed by atoms with Gasteiger partial charge in [0, 0.05) is 0 Å². The Morgan fingerprint density at radius 3 is 3.00 bits per heavy atom. The number of allylic oxidation sites excluding steroid dienone is 3. The summed E-state index contributed by atoms with van der Waals surface area (Å²) in [5.41, 5.74) is 1.66. The van der Waals surface area contributed by atoms with Gasteiger partial charge in [0.1, 0.15) is 0 Å². The van der Waals surface area contributed by atoms with Gasteiger partial charge in [0.25, 0.3) is 0 Å². The Bertz CT molecular complexity index is 153. The van der Waals surface area contributed by atoms with Crippen LogP contribution in [0.15, 0.2) is 24.3 Å². The molecule has 1 rings (SSSR count). The van der Waals surface area contributed by atoms with Gasteiger partial charge in [-0.05, 0) is 38.5 Å². The number of hydrogen-bond donors (Lipinski definition) is 0. The highest BCUT2D eigenvalue weighted by molar-refractivity contribution is 5.09. The highest BCUT2D eigenvalue weighted by Crippen LogP contribution is 2.31. The smallest absolute Gasteiger partial charge is 0.0169 e. The first kappa shape index (κ1) is 8.58. The average molecular weight is 150 g/mol. The van der Waals surface area contributed by atoms with Crippen LogP contribution in [0.4, 0.5) is 0 Å². The van der Waals surface area contributed by atoms with Crippen molar-refractivity contribution in [2.24, 2.45) is 5.92 Å². The molecule has 1 fully saturated rings. The molecule has 0 nitrogen and oxygen atoms in total. The number of rotatable bonds is 2. The van der Waals surface area contributed by atoms with E-state index in [-0.39, 0.29) is 0 Å². The molecule has 1 saturated carbocycles. The first-order valence-corrected chi connectivity index (χ1v) is 4.64. The van der Waals surface area contributed by atoms with E-state index in [1.165, 1.54) is 32.1 Å². The monoisotopic (exact) mass is 150 g/mol. The summed E-state index contributed by atoms with van der Waals surface area (Å²) in [5, 5.41) is 0. The minimum Gasteiger partial charge on any atom is -0.103 e. The molecule has 0 saturated heterocycles. The largest absolute Gasteiger partial charge is 0.103 e. The second-order valence-electron chi connectivity index (χ2n) is 3.33. The van der Waals surface area contributed by atoms with Gasteiger partial charge in [0.2, 0.25) is 0 Å². The van der Waals surface area contributed by atoms with Crippen LogP contribution >= 0.6 is 0 Å². The molecule has 1 aliphatic carbocycles.